The number of hydrogen-bond donors (Lipinski definition) is 2. The van der Waals surface area contributed by atoms with Gasteiger partial charge in [0.2, 0.25) is 0 Å². The Morgan fingerprint density at radius 1 is 1.26 bits per heavy atom. The third-order valence-corrected chi connectivity index (χ3v) is 3.67. The maximum atomic E-state index is 11.5. The van der Waals surface area contributed by atoms with Gasteiger partial charge in [0.1, 0.15) is 16.2 Å². The van der Waals surface area contributed by atoms with Gasteiger partial charge in [-0.25, -0.2) is 4.79 Å². The first-order chi connectivity index (χ1) is 8.62. The smallest absolute Gasteiger partial charge is 0.336 e. The second-order valence-electron chi connectivity index (χ2n) is 5.82. The number of phenolic OH excluding ortho intramolecular Hbond substituents is 1. The maximum absolute atomic E-state index is 11.5. The molecule has 1 aromatic carbocycles. The number of carbonyl (C=O) groups is 1. The van der Waals surface area contributed by atoms with E-state index < -0.39 is 5.97 Å². The lowest BCUT2D eigenvalue weighted by molar-refractivity contribution is 0.0693. The van der Waals surface area contributed by atoms with E-state index in [2.05, 4.69) is 0 Å². The summed E-state index contributed by atoms with van der Waals surface area (Å²) in [4.78, 5) is 11.5. The number of carboxylic acids is 1. The molecule has 0 aromatic heterocycles. The van der Waals surface area contributed by atoms with E-state index in [0.29, 0.717) is 32.7 Å². The Balaban J connectivity index is 3.84. The molecule has 0 aliphatic carbocycles. The minimum absolute atomic E-state index is 0.184. The Morgan fingerprint density at radius 3 is 2.16 bits per heavy atom. The van der Waals surface area contributed by atoms with Crippen molar-refractivity contribution >= 4 is 16.5 Å². The Kier molecular flexibility index (Phi) is 4.42. The number of aromatic hydroxyl groups is 1. The van der Waals surface area contributed by atoms with Crippen LogP contribution in [0, 0.1) is 13.8 Å². The van der Waals surface area contributed by atoms with Crippen LogP contribution in [0.25, 0.3) is 0 Å². The van der Waals surface area contributed by atoms with Gasteiger partial charge in [0, 0.05) is 5.56 Å². The molecule has 0 spiro atoms. The summed E-state index contributed by atoms with van der Waals surface area (Å²) in [7, 11) is 0.522. The number of rotatable bonds is 3. The minimum Gasteiger partial charge on any atom is -0.507 e. The van der Waals surface area contributed by atoms with Crippen molar-refractivity contribution in [3.63, 3.8) is 0 Å². The third kappa shape index (κ3) is 2.82. The summed E-state index contributed by atoms with van der Waals surface area (Å²) >= 11 is 0. The Bertz CT molecular complexity index is 515. The maximum Gasteiger partial charge on any atom is 0.336 e. The highest BCUT2D eigenvalue weighted by Gasteiger charge is 2.29. The summed E-state index contributed by atoms with van der Waals surface area (Å²) < 4.78 is 5.27. The van der Waals surface area contributed by atoms with Crippen LogP contribution in [0.1, 0.15) is 53.4 Å². The SMILES string of the molecule is Cc1c(C)c(C(=O)O)c(CO[SiH3])c(C(C)(C)C)c1O. The van der Waals surface area contributed by atoms with E-state index in [1.807, 2.05) is 20.8 Å². The van der Waals surface area contributed by atoms with E-state index >= 15 is 0 Å². The van der Waals surface area contributed by atoms with Gasteiger partial charge in [-0.15, -0.1) is 0 Å². The predicted molar refractivity (Wildman–Crippen MR) is 78.0 cm³/mol. The van der Waals surface area contributed by atoms with Crippen molar-refractivity contribution in [2.75, 3.05) is 0 Å². The molecule has 5 heteroatoms. The van der Waals surface area contributed by atoms with Crippen LogP contribution < -0.4 is 0 Å². The summed E-state index contributed by atoms with van der Waals surface area (Å²) in [6.07, 6.45) is 0. The quantitative estimate of drug-likeness (QED) is 0.830. The third-order valence-electron chi connectivity index (χ3n) is 3.39. The van der Waals surface area contributed by atoms with Gasteiger partial charge in [-0.05, 0) is 36.0 Å². The average Bonchev–Trinajstić information content (AvgIpc) is 2.24. The molecule has 1 aromatic rings. The molecule has 19 heavy (non-hydrogen) atoms. The van der Waals surface area contributed by atoms with Gasteiger partial charge in [-0.2, -0.15) is 0 Å². The average molecular weight is 282 g/mol. The molecule has 2 N–H and O–H groups in total. The van der Waals surface area contributed by atoms with Crippen LogP contribution in [-0.2, 0) is 16.4 Å². The van der Waals surface area contributed by atoms with E-state index in [0.717, 1.165) is 0 Å². The van der Waals surface area contributed by atoms with E-state index in [4.69, 9.17) is 4.43 Å². The molecule has 0 atom stereocenters. The van der Waals surface area contributed by atoms with Crippen LogP contribution in [-0.4, -0.2) is 26.7 Å². The van der Waals surface area contributed by atoms with Crippen LogP contribution >= 0.6 is 0 Å². The molecule has 1 rings (SSSR count). The minimum atomic E-state index is -0.972. The molecular weight excluding hydrogens is 260 g/mol. The predicted octanol–water partition coefficient (Wildman–Crippen LogP) is 1.80. The molecule has 0 fully saturated rings. The highest BCUT2D eigenvalue weighted by atomic mass is 28.2. The number of carboxylic acid groups (broad SMARTS) is 1. The Labute approximate surface area is 117 Å². The van der Waals surface area contributed by atoms with Crippen LogP contribution in [0.3, 0.4) is 0 Å². The molecule has 0 unspecified atom stereocenters. The van der Waals surface area contributed by atoms with E-state index in [1.165, 1.54) is 0 Å². The zero-order chi connectivity index (χ0) is 15.0. The van der Waals surface area contributed by atoms with Gasteiger partial charge >= 0.3 is 5.97 Å². The summed E-state index contributed by atoms with van der Waals surface area (Å²) in [5.74, 6) is -0.788. The monoisotopic (exact) mass is 282 g/mol. The molecule has 0 aliphatic rings. The summed E-state index contributed by atoms with van der Waals surface area (Å²) in [6, 6.07) is 0. The van der Waals surface area contributed by atoms with Gasteiger partial charge in [-0.3, -0.25) is 0 Å². The fourth-order valence-electron chi connectivity index (χ4n) is 2.43. The fraction of sp³-hybridized carbons (Fsp3) is 0.500. The van der Waals surface area contributed by atoms with Gasteiger partial charge in [0.25, 0.3) is 0 Å². The highest BCUT2D eigenvalue weighted by Crippen LogP contribution is 2.40. The number of phenols is 1. The molecule has 0 saturated carbocycles. The van der Waals surface area contributed by atoms with Crippen molar-refractivity contribution in [3.8, 4) is 5.75 Å². The first kappa shape index (κ1) is 15.7. The summed E-state index contributed by atoms with van der Waals surface area (Å²) in [6.45, 7) is 9.57. The van der Waals surface area contributed by atoms with Crippen LogP contribution in [0.15, 0.2) is 0 Å². The summed E-state index contributed by atoms with van der Waals surface area (Å²) in [5, 5.41) is 19.8. The normalized spacial score (nSPS) is 11.8. The van der Waals surface area contributed by atoms with E-state index in [1.54, 1.807) is 13.8 Å². The van der Waals surface area contributed by atoms with Gasteiger partial charge in [0.05, 0.1) is 12.2 Å². The van der Waals surface area contributed by atoms with Crippen LogP contribution in [0.4, 0.5) is 0 Å². The number of benzene rings is 1. The molecule has 0 saturated heterocycles. The number of hydrogen-bond acceptors (Lipinski definition) is 3. The van der Waals surface area contributed by atoms with Gasteiger partial charge in [-0.1, -0.05) is 20.8 Å². The number of aromatic carboxylic acids is 1. The molecule has 0 aliphatic heterocycles. The second-order valence-corrected chi connectivity index (χ2v) is 6.39. The first-order valence-corrected chi connectivity index (χ1v) is 7.02. The summed E-state index contributed by atoms with van der Waals surface area (Å²) in [5.41, 5.74) is 2.41. The van der Waals surface area contributed by atoms with Crippen molar-refractivity contribution in [2.24, 2.45) is 0 Å². The van der Waals surface area contributed by atoms with Crippen molar-refractivity contribution in [3.05, 3.63) is 27.8 Å². The van der Waals surface area contributed by atoms with Crippen molar-refractivity contribution < 1.29 is 19.4 Å². The van der Waals surface area contributed by atoms with Crippen LogP contribution in [0.5, 0.6) is 5.75 Å². The molecule has 4 nitrogen and oxygen atoms in total. The Morgan fingerprint density at radius 2 is 1.79 bits per heavy atom. The van der Waals surface area contributed by atoms with Crippen molar-refractivity contribution in [2.45, 2.75) is 46.6 Å². The zero-order valence-electron chi connectivity index (χ0n) is 12.4. The van der Waals surface area contributed by atoms with Gasteiger partial charge in [0.15, 0.2) is 0 Å². The van der Waals surface area contributed by atoms with Crippen LogP contribution in [0.2, 0.25) is 0 Å². The largest absolute Gasteiger partial charge is 0.507 e. The fourth-order valence-corrected chi connectivity index (χ4v) is 2.72. The topological polar surface area (TPSA) is 66.8 Å². The Hall–Kier alpha value is -1.33. The molecule has 0 heterocycles. The lowest BCUT2D eigenvalue weighted by Gasteiger charge is -2.27. The first-order valence-electron chi connectivity index (χ1n) is 6.20. The molecule has 0 bridgehead atoms. The van der Waals surface area contributed by atoms with Gasteiger partial charge < -0.3 is 14.6 Å². The lowest BCUT2D eigenvalue weighted by Crippen LogP contribution is -2.20. The second kappa shape index (κ2) is 5.34. The van der Waals surface area contributed by atoms with E-state index in [-0.39, 0.29) is 23.3 Å². The molecule has 106 valence electrons. The zero-order valence-corrected chi connectivity index (χ0v) is 14.4. The molecule has 0 radical (unpaired) electrons. The molecule has 0 amide bonds. The molecular formula is C14H22O4Si. The highest BCUT2D eigenvalue weighted by molar-refractivity contribution is 5.98. The van der Waals surface area contributed by atoms with E-state index in [9.17, 15) is 15.0 Å². The van der Waals surface area contributed by atoms with Crippen molar-refractivity contribution in [1.82, 2.24) is 0 Å². The standard InChI is InChI=1S/C14H22O4Si/c1-7-8(2)12(15)11(14(3,4)5)9(6-18-19)10(7)13(16)17/h15H,6H2,1-5,19H3,(H,16,17). The van der Waals surface area contributed by atoms with Crippen molar-refractivity contribution in [1.29, 1.82) is 0 Å². The lowest BCUT2D eigenvalue weighted by atomic mass is 9.78.